The highest BCUT2D eigenvalue weighted by Gasteiger charge is 2.15. The quantitative estimate of drug-likeness (QED) is 0.417. The maximum Gasteiger partial charge on any atom is 0.245 e. The first-order chi connectivity index (χ1) is 6.13. The fourth-order valence-electron chi connectivity index (χ4n) is 0.887. The van der Waals surface area contributed by atoms with Gasteiger partial charge in [-0.25, -0.2) is 15.8 Å². The number of carbonyl (C=O) groups is 1. The van der Waals surface area contributed by atoms with Crippen molar-refractivity contribution in [3.05, 3.63) is 24.4 Å². The Morgan fingerprint density at radius 2 is 2.23 bits per heavy atom. The summed E-state index contributed by atoms with van der Waals surface area (Å²) < 4.78 is 0. The highest BCUT2D eigenvalue weighted by molar-refractivity contribution is 5.92. The second kappa shape index (κ2) is 4.00. The third-order valence-corrected chi connectivity index (χ3v) is 1.63. The van der Waals surface area contributed by atoms with Gasteiger partial charge in [0.15, 0.2) is 0 Å². The molecule has 2 N–H and O–H groups in total. The highest BCUT2D eigenvalue weighted by atomic mass is 16.2. The lowest BCUT2D eigenvalue weighted by Gasteiger charge is -2.16. The number of pyridine rings is 1. The number of hydrogen-bond donors (Lipinski definition) is 1. The van der Waals surface area contributed by atoms with E-state index in [0.29, 0.717) is 5.82 Å². The third-order valence-electron chi connectivity index (χ3n) is 1.63. The van der Waals surface area contributed by atoms with Gasteiger partial charge in [-0.3, -0.25) is 4.79 Å². The molecule has 70 valence electrons. The number of hydrogen-bond acceptors (Lipinski definition) is 3. The van der Waals surface area contributed by atoms with Gasteiger partial charge in [0, 0.05) is 12.1 Å². The van der Waals surface area contributed by atoms with E-state index in [2.05, 4.69) is 4.98 Å². The van der Waals surface area contributed by atoms with Crippen LogP contribution >= 0.6 is 0 Å². The first-order valence-corrected chi connectivity index (χ1v) is 4.12. The number of carbonyl (C=O) groups excluding carboxylic acids is 1. The normalized spacial score (nSPS) is 10.2. The number of amides is 1. The maximum absolute atomic E-state index is 11.4. The molecule has 1 rings (SSSR count). The van der Waals surface area contributed by atoms with Gasteiger partial charge in [0.25, 0.3) is 0 Å². The summed E-state index contributed by atoms with van der Waals surface area (Å²) in [4.78, 5) is 15.4. The minimum absolute atomic E-state index is 0.119. The zero-order valence-electron chi connectivity index (χ0n) is 7.77. The Labute approximate surface area is 77.3 Å². The number of aromatic nitrogens is 1. The molecule has 0 bridgehead atoms. The Kier molecular flexibility index (Phi) is 2.97. The largest absolute Gasteiger partial charge is 0.273 e. The van der Waals surface area contributed by atoms with Gasteiger partial charge in [-0.2, -0.15) is 0 Å². The molecular weight excluding hydrogens is 166 g/mol. The molecule has 0 unspecified atom stereocenters. The van der Waals surface area contributed by atoms with E-state index in [1.807, 2.05) is 0 Å². The Morgan fingerprint density at radius 1 is 1.54 bits per heavy atom. The Hall–Kier alpha value is -1.42. The zero-order valence-corrected chi connectivity index (χ0v) is 7.77. The molecule has 1 amide bonds. The first kappa shape index (κ1) is 9.67. The molecule has 0 aliphatic carbocycles. The van der Waals surface area contributed by atoms with Gasteiger partial charge >= 0.3 is 0 Å². The van der Waals surface area contributed by atoms with Gasteiger partial charge in [0.05, 0.1) is 0 Å². The molecule has 0 aliphatic heterocycles. The van der Waals surface area contributed by atoms with Crippen LogP contribution in [-0.2, 0) is 4.79 Å². The average Bonchev–Trinajstić information content (AvgIpc) is 2.17. The lowest BCUT2D eigenvalue weighted by atomic mass is 10.2. The van der Waals surface area contributed by atoms with Crippen LogP contribution in [0, 0.1) is 5.92 Å². The molecule has 0 spiro atoms. The number of nitrogens with two attached hydrogens (primary N) is 1. The van der Waals surface area contributed by atoms with Crippen LogP contribution in [0.5, 0.6) is 0 Å². The molecule has 13 heavy (non-hydrogen) atoms. The third kappa shape index (κ3) is 2.26. The summed E-state index contributed by atoms with van der Waals surface area (Å²) in [5.74, 6) is 5.78. The van der Waals surface area contributed by atoms with Crippen LogP contribution in [0.1, 0.15) is 13.8 Å². The van der Waals surface area contributed by atoms with Crippen LogP contribution < -0.4 is 10.9 Å². The number of anilines is 1. The molecule has 0 aromatic carbocycles. The summed E-state index contributed by atoms with van der Waals surface area (Å²) in [5, 5.41) is 1.07. The second-order valence-electron chi connectivity index (χ2n) is 3.05. The van der Waals surface area contributed by atoms with Gasteiger partial charge in [-0.1, -0.05) is 19.9 Å². The summed E-state index contributed by atoms with van der Waals surface area (Å²) in [7, 11) is 0. The second-order valence-corrected chi connectivity index (χ2v) is 3.05. The fraction of sp³-hybridized carbons (Fsp3) is 0.333. The molecule has 1 heterocycles. The van der Waals surface area contributed by atoms with Crippen LogP contribution in [0.4, 0.5) is 5.82 Å². The van der Waals surface area contributed by atoms with Crippen molar-refractivity contribution < 1.29 is 4.79 Å². The molecule has 0 saturated carbocycles. The summed E-state index contributed by atoms with van der Waals surface area (Å²) in [6.45, 7) is 3.59. The van der Waals surface area contributed by atoms with E-state index in [1.165, 1.54) is 0 Å². The van der Waals surface area contributed by atoms with Crippen LogP contribution in [0.25, 0.3) is 0 Å². The monoisotopic (exact) mass is 179 g/mol. The van der Waals surface area contributed by atoms with Crippen molar-refractivity contribution in [3.8, 4) is 0 Å². The molecule has 0 fully saturated rings. The van der Waals surface area contributed by atoms with Gasteiger partial charge in [0.2, 0.25) is 5.91 Å². The first-order valence-electron chi connectivity index (χ1n) is 4.12. The fourth-order valence-corrected chi connectivity index (χ4v) is 0.887. The zero-order chi connectivity index (χ0) is 9.84. The topological polar surface area (TPSA) is 59.2 Å². The maximum atomic E-state index is 11.4. The summed E-state index contributed by atoms with van der Waals surface area (Å²) in [5.41, 5.74) is 0. The number of rotatable bonds is 2. The Bertz CT molecular complexity index is 284. The van der Waals surface area contributed by atoms with Crippen molar-refractivity contribution in [1.29, 1.82) is 0 Å². The van der Waals surface area contributed by atoms with Gasteiger partial charge in [0.1, 0.15) is 5.82 Å². The molecule has 0 saturated heterocycles. The Balaban J connectivity index is 2.80. The molecule has 1 aromatic heterocycles. The van der Waals surface area contributed by atoms with E-state index in [-0.39, 0.29) is 11.8 Å². The van der Waals surface area contributed by atoms with E-state index in [4.69, 9.17) is 5.84 Å². The van der Waals surface area contributed by atoms with E-state index < -0.39 is 0 Å². The van der Waals surface area contributed by atoms with E-state index in [9.17, 15) is 4.79 Å². The molecule has 1 aromatic rings. The Morgan fingerprint density at radius 3 is 2.69 bits per heavy atom. The van der Waals surface area contributed by atoms with Crippen molar-refractivity contribution in [3.63, 3.8) is 0 Å². The van der Waals surface area contributed by atoms with Crippen molar-refractivity contribution in [2.24, 2.45) is 11.8 Å². The molecular formula is C9H13N3O. The summed E-state index contributed by atoms with van der Waals surface area (Å²) in [6, 6.07) is 5.26. The standard InChI is InChI=1S/C9H13N3O/c1-7(2)9(13)12(10)8-5-3-4-6-11-8/h3-7H,10H2,1-2H3. The van der Waals surface area contributed by atoms with E-state index >= 15 is 0 Å². The van der Waals surface area contributed by atoms with Crippen LogP contribution in [0.15, 0.2) is 24.4 Å². The van der Waals surface area contributed by atoms with Crippen LogP contribution in [0.3, 0.4) is 0 Å². The molecule has 4 nitrogen and oxygen atoms in total. The van der Waals surface area contributed by atoms with E-state index in [0.717, 1.165) is 5.01 Å². The summed E-state index contributed by atoms with van der Waals surface area (Å²) in [6.07, 6.45) is 1.60. The summed E-state index contributed by atoms with van der Waals surface area (Å²) >= 11 is 0. The number of hydrazine groups is 1. The van der Waals surface area contributed by atoms with Crippen LogP contribution in [0.2, 0.25) is 0 Å². The van der Waals surface area contributed by atoms with Crippen molar-refractivity contribution in [1.82, 2.24) is 4.98 Å². The van der Waals surface area contributed by atoms with Gasteiger partial charge < -0.3 is 0 Å². The van der Waals surface area contributed by atoms with Crippen molar-refractivity contribution in [2.75, 3.05) is 5.01 Å². The van der Waals surface area contributed by atoms with Gasteiger partial charge in [-0.05, 0) is 12.1 Å². The van der Waals surface area contributed by atoms with Crippen molar-refractivity contribution in [2.45, 2.75) is 13.8 Å². The molecule has 0 atom stereocenters. The predicted molar refractivity (Wildman–Crippen MR) is 50.7 cm³/mol. The molecule has 0 radical (unpaired) electrons. The molecule has 4 heteroatoms. The predicted octanol–water partition coefficient (Wildman–Crippen LogP) is 0.944. The number of nitrogens with zero attached hydrogens (tertiary/aromatic N) is 2. The average molecular weight is 179 g/mol. The minimum atomic E-state index is -0.140. The SMILES string of the molecule is CC(C)C(=O)N(N)c1ccccn1. The molecule has 0 aliphatic rings. The van der Waals surface area contributed by atoms with Crippen LogP contribution in [-0.4, -0.2) is 10.9 Å². The smallest absolute Gasteiger partial charge is 0.245 e. The van der Waals surface area contributed by atoms with Gasteiger partial charge in [-0.15, -0.1) is 0 Å². The minimum Gasteiger partial charge on any atom is -0.273 e. The lowest BCUT2D eigenvalue weighted by Crippen LogP contribution is -2.40. The lowest BCUT2D eigenvalue weighted by molar-refractivity contribution is -0.121. The highest BCUT2D eigenvalue weighted by Crippen LogP contribution is 2.08. The van der Waals surface area contributed by atoms with E-state index in [1.54, 1.807) is 38.2 Å². The van der Waals surface area contributed by atoms with Crippen molar-refractivity contribution >= 4 is 11.7 Å².